The molecule has 2 rings (SSSR count). The van der Waals surface area contributed by atoms with Crippen molar-refractivity contribution in [2.75, 3.05) is 12.3 Å². The molecule has 0 aliphatic heterocycles. The molecule has 1 heterocycles. The molecule has 5 heteroatoms. The molecule has 1 aromatic carbocycles. The Labute approximate surface area is 117 Å². The van der Waals surface area contributed by atoms with Gasteiger partial charge in [0.05, 0.1) is 5.69 Å². The minimum absolute atomic E-state index is 0.355. The maximum atomic E-state index is 6.13. The van der Waals surface area contributed by atoms with Crippen molar-refractivity contribution in [3.63, 3.8) is 0 Å². The fraction of sp³-hybridized carbons (Fsp3) is 0.286. The Bertz CT molecular complexity index is 587. The highest BCUT2D eigenvalue weighted by Gasteiger charge is 2.07. The lowest BCUT2D eigenvalue weighted by Gasteiger charge is -2.07. The maximum Gasteiger partial charge on any atom is 0.157 e. The van der Waals surface area contributed by atoms with Gasteiger partial charge in [0.1, 0.15) is 12.4 Å². The van der Waals surface area contributed by atoms with Gasteiger partial charge >= 0.3 is 0 Å². The Hall–Kier alpha value is -1.65. The largest absolute Gasteiger partial charge is 0.384 e. The first-order valence-corrected chi connectivity index (χ1v) is 6.45. The molecule has 0 spiro atoms. The molecule has 0 fully saturated rings. The molecule has 2 N–H and O–H groups in total. The highest BCUT2D eigenvalue weighted by Crippen LogP contribution is 2.24. The molecule has 0 unspecified atom stereocenters. The summed E-state index contributed by atoms with van der Waals surface area (Å²) in [5.74, 6) is 1.00. The number of aromatic nitrogens is 2. The number of anilines is 1. The van der Waals surface area contributed by atoms with Gasteiger partial charge in [0.25, 0.3) is 0 Å². The lowest BCUT2D eigenvalue weighted by atomic mass is 10.1. The molecule has 1 aromatic heterocycles. The first-order chi connectivity index (χ1) is 9.10. The summed E-state index contributed by atoms with van der Waals surface area (Å²) in [5.41, 5.74) is 8.50. The molecule has 0 atom stereocenters. The number of nitrogen functional groups attached to an aromatic ring is 1. The zero-order chi connectivity index (χ0) is 13.8. The van der Waals surface area contributed by atoms with Crippen LogP contribution in [-0.2, 0) is 11.3 Å². The highest BCUT2D eigenvalue weighted by atomic mass is 35.5. The molecule has 0 aliphatic rings. The summed E-state index contributed by atoms with van der Waals surface area (Å²) in [6.07, 6.45) is 0. The van der Waals surface area contributed by atoms with E-state index in [9.17, 15) is 0 Å². The minimum Gasteiger partial charge on any atom is -0.384 e. The van der Waals surface area contributed by atoms with Crippen LogP contribution in [0.5, 0.6) is 0 Å². The predicted octanol–water partition coefficient (Wildman–Crippen LogP) is 3.22. The lowest BCUT2D eigenvalue weighted by molar-refractivity contribution is 0.128. The van der Waals surface area contributed by atoms with E-state index in [1.807, 2.05) is 32.0 Å². The summed E-state index contributed by atoms with van der Waals surface area (Å²) in [7, 11) is 0. The van der Waals surface area contributed by atoms with Gasteiger partial charge in [-0.3, -0.25) is 0 Å². The molecule has 2 aromatic rings. The molecule has 19 heavy (non-hydrogen) atoms. The van der Waals surface area contributed by atoms with Gasteiger partial charge in [-0.2, -0.15) is 0 Å². The number of halogens is 1. The summed E-state index contributed by atoms with van der Waals surface area (Å²) in [6, 6.07) is 7.53. The quantitative estimate of drug-likeness (QED) is 0.932. The highest BCUT2D eigenvalue weighted by molar-refractivity contribution is 6.31. The smallest absolute Gasteiger partial charge is 0.157 e. The van der Waals surface area contributed by atoms with E-state index in [4.69, 9.17) is 22.1 Å². The monoisotopic (exact) mass is 277 g/mol. The molecular weight excluding hydrogens is 262 g/mol. The van der Waals surface area contributed by atoms with Gasteiger partial charge < -0.3 is 10.5 Å². The van der Waals surface area contributed by atoms with E-state index >= 15 is 0 Å². The van der Waals surface area contributed by atoms with E-state index in [-0.39, 0.29) is 0 Å². The van der Waals surface area contributed by atoms with Gasteiger partial charge in [0.2, 0.25) is 0 Å². The third-order valence-corrected chi connectivity index (χ3v) is 3.10. The average Bonchev–Trinajstić information content (AvgIpc) is 2.39. The van der Waals surface area contributed by atoms with Crippen LogP contribution < -0.4 is 5.73 Å². The predicted molar refractivity (Wildman–Crippen MR) is 77.0 cm³/mol. The normalized spacial score (nSPS) is 10.7. The van der Waals surface area contributed by atoms with Crippen LogP contribution in [0.4, 0.5) is 5.82 Å². The second kappa shape index (κ2) is 5.99. The molecule has 0 amide bonds. The first-order valence-electron chi connectivity index (χ1n) is 6.08. The molecule has 0 saturated carbocycles. The van der Waals surface area contributed by atoms with E-state index < -0.39 is 0 Å². The summed E-state index contributed by atoms with van der Waals surface area (Å²) in [6.45, 7) is 4.85. The van der Waals surface area contributed by atoms with Crippen LogP contribution in [0.1, 0.15) is 18.3 Å². The fourth-order valence-corrected chi connectivity index (χ4v) is 1.86. The number of hydrogen-bond donors (Lipinski definition) is 1. The number of rotatable bonds is 4. The van der Waals surface area contributed by atoms with Crippen molar-refractivity contribution in [3.05, 3.63) is 40.7 Å². The van der Waals surface area contributed by atoms with Crippen molar-refractivity contribution in [3.8, 4) is 11.3 Å². The topological polar surface area (TPSA) is 61.0 Å². The molecular formula is C14H16ClN3O. The molecule has 100 valence electrons. The number of benzene rings is 1. The number of nitrogens with zero attached hydrogens (tertiary/aromatic N) is 2. The number of hydrogen-bond acceptors (Lipinski definition) is 4. The van der Waals surface area contributed by atoms with Crippen LogP contribution >= 0.6 is 11.6 Å². The van der Waals surface area contributed by atoms with Crippen LogP contribution in [0.15, 0.2) is 24.3 Å². The number of aryl methyl sites for hydroxylation is 1. The Morgan fingerprint density at radius 2 is 2.05 bits per heavy atom. The van der Waals surface area contributed by atoms with Crippen LogP contribution in [0, 0.1) is 6.92 Å². The standard InChI is InChI=1S/C14H16ClN3O/c1-3-19-8-14-17-12(7-13(16)18-14)10-5-4-9(2)11(15)6-10/h4-7H,3,8H2,1-2H3,(H2,16,17,18). The fourth-order valence-electron chi connectivity index (χ4n) is 1.68. The third kappa shape index (κ3) is 3.43. The second-order valence-electron chi connectivity index (χ2n) is 4.20. The van der Waals surface area contributed by atoms with Gasteiger partial charge in [-0.15, -0.1) is 0 Å². The van der Waals surface area contributed by atoms with Crippen LogP contribution in [0.3, 0.4) is 0 Å². The molecule has 0 aliphatic carbocycles. The van der Waals surface area contributed by atoms with Gasteiger partial charge in [-0.25, -0.2) is 9.97 Å². The molecule has 0 bridgehead atoms. The van der Waals surface area contributed by atoms with Crippen molar-refractivity contribution in [2.24, 2.45) is 0 Å². The van der Waals surface area contributed by atoms with Crippen LogP contribution in [-0.4, -0.2) is 16.6 Å². The van der Waals surface area contributed by atoms with Crippen molar-refractivity contribution in [2.45, 2.75) is 20.5 Å². The molecule has 4 nitrogen and oxygen atoms in total. The Kier molecular flexibility index (Phi) is 4.35. The second-order valence-corrected chi connectivity index (χ2v) is 4.60. The zero-order valence-corrected chi connectivity index (χ0v) is 11.7. The van der Waals surface area contributed by atoms with Gasteiger partial charge in [-0.1, -0.05) is 23.7 Å². The van der Waals surface area contributed by atoms with Crippen molar-refractivity contribution < 1.29 is 4.74 Å². The number of nitrogens with two attached hydrogens (primary N) is 1. The summed E-state index contributed by atoms with van der Waals surface area (Å²) < 4.78 is 5.30. The van der Waals surface area contributed by atoms with E-state index in [1.54, 1.807) is 6.07 Å². The summed E-state index contributed by atoms with van der Waals surface area (Å²) in [4.78, 5) is 8.58. The van der Waals surface area contributed by atoms with Crippen molar-refractivity contribution >= 4 is 17.4 Å². The average molecular weight is 278 g/mol. The molecule has 0 saturated heterocycles. The summed E-state index contributed by atoms with van der Waals surface area (Å²) >= 11 is 6.13. The Morgan fingerprint density at radius 3 is 2.74 bits per heavy atom. The van der Waals surface area contributed by atoms with Crippen LogP contribution in [0.2, 0.25) is 5.02 Å². The first kappa shape index (κ1) is 13.8. The molecule has 0 radical (unpaired) electrons. The van der Waals surface area contributed by atoms with Crippen molar-refractivity contribution in [1.82, 2.24) is 9.97 Å². The zero-order valence-electron chi connectivity index (χ0n) is 11.0. The van der Waals surface area contributed by atoms with E-state index in [0.717, 1.165) is 16.8 Å². The summed E-state index contributed by atoms with van der Waals surface area (Å²) in [5, 5.41) is 0.709. The van der Waals surface area contributed by atoms with Gasteiger partial charge in [0.15, 0.2) is 5.82 Å². The van der Waals surface area contributed by atoms with Gasteiger partial charge in [-0.05, 0) is 25.5 Å². The minimum atomic E-state index is 0.355. The Balaban J connectivity index is 2.37. The van der Waals surface area contributed by atoms with Crippen molar-refractivity contribution in [1.29, 1.82) is 0 Å². The van der Waals surface area contributed by atoms with E-state index in [0.29, 0.717) is 29.9 Å². The Morgan fingerprint density at radius 1 is 1.26 bits per heavy atom. The van der Waals surface area contributed by atoms with Gasteiger partial charge in [0, 0.05) is 23.3 Å². The maximum absolute atomic E-state index is 6.13. The van der Waals surface area contributed by atoms with E-state index in [2.05, 4.69) is 9.97 Å². The number of ether oxygens (including phenoxy) is 1. The van der Waals surface area contributed by atoms with Crippen LogP contribution in [0.25, 0.3) is 11.3 Å². The third-order valence-electron chi connectivity index (χ3n) is 2.70. The SMILES string of the molecule is CCOCc1nc(N)cc(-c2ccc(C)c(Cl)c2)n1. The van der Waals surface area contributed by atoms with E-state index in [1.165, 1.54) is 0 Å². The lowest BCUT2D eigenvalue weighted by Crippen LogP contribution is -2.03.